The van der Waals surface area contributed by atoms with Crippen molar-refractivity contribution < 1.29 is 0 Å². The van der Waals surface area contributed by atoms with Gasteiger partial charge in [0.25, 0.3) is 0 Å². The van der Waals surface area contributed by atoms with Crippen molar-refractivity contribution in [3.8, 4) is 0 Å². The number of benzene rings is 2. The van der Waals surface area contributed by atoms with Gasteiger partial charge in [0, 0.05) is 50.5 Å². The number of fused-ring (bicyclic) bond motifs is 1. The monoisotopic (exact) mass is 633 g/mol. The summed E-state index contributed by atoms with van der Waals surface area (Å²) < 4.78 is 0. The van der Waals surface area contributed by atoms with Crippen molar-refractivity contribution in [1.82, 2.24) is 20.3 Å². The first-order chi connectivity index (χ1) is 19.6. The molecule has 0 saturated carbocycles. The molecule has 2 aromatic carbocycles. The third kappa shape index (κ3) is 7.65. The number of nitrogens with one attached hydrogen (secondary N) is 2. The van der Waals surface area contributed by atoms with Gasteiger partial charge in [-0.2, -0.15) is 0 Å². The largest absolute Gasteiger partial charge is 0.356 e. The molecule has 0 unspecified atom stereocenters. The zero-order valence-corrected chi connectivity index (χ0v) is 25.8. The van der Waals surface area contributed by atoms with Gasteiger partial charge in [0.1, 0.15) is 17.8 Å². The molecule has 0 aliphatic carbocycles. The molecule has 2 aromatic heterocycles. The van der Waals surface area contributed by atoms with Gasteiger partial charge in [-0.25, -0.2) is 9.97 Å². The smallest absolute Gasteiger partial charge is 0.142 e. The van der Waals surface area contributed by atoms with E-state index in [1.165, 1.54) is 0 Å². The Kier molecular flexibility index (Phi) is 9.66. The lowest BCUT2D eigenvalue weighted by Gasteiger charge is -2.40. The first kappa shape index (κ1) is 30.4. The fraction of sp³-hybridized carbons (Fsp3) is 0.400. The average molecular weight is 635 g/mol. The molecule has 2 aliphatic rings. The molecule has 41 heavy (non-hydrogen) atoms. The predicted octanol–water partition coefficient (Wildman–Crippen LogP) is 6.42. The van der Waals surface area contributed by atoms with Crippen molar-refractivity contribution in [3.63, 3.8) is 0 Å². The summed E-state index contributed by atoms with van der Waals surface area (Å²) in [4.78, 5) is 14.1. The number of nitrogens with zero attached hydrogens (tertiary/aromatic N) is 3. The van der Waals surface area contributed by atoms with Crippen molar-refractivity contribution in [2.75, 3.05) is 31.1 Å². The Hall–Kier alpha value is -2.10. The number of aromatic amines is 1. The lowest BCUT2D eigenvalue weighted by Crippen LogP contribution is -2.52. The molecule has 11 heteroatoms. The Morgan fingerprint density at radius 1 is 0.756 bits per heavy atom. The highest BCUT2D eigenvalue weighted by Crippen LogP contribution is 2.32. The van der Waals surface area contributed by atoms with E-state index in [2.05, 4.69) is 25.2 Å². The normalized spacial score (nSPS) is 18.1. The van der Waals surface area contributed by atoms with Crippen LogP contribution in [0.3, 0.4) is 0 Å². The summed E-state index contributed by atoms with van der Waals surface area (Å²) in [6.45, 7) is 3.67. The van der Waals surface area contributed by atoms with Gasteiger partial charge in [-0.3, -0.25) is 0 Å². The summed E-state index contributed by atoms with van der Waals surface area (Å²) in [7, 11) is 0. The van der Waals surface area contributed by atoms with Crippen LogP contribution in [-0.2, 0) is 12.8 Å². The van der Waals surface area contributed by atoms with E-state index in [1.54, 1.807) is 18.5 Å². The molecule has 4 heterocycles. The van der Waals surface area contributed by atoms with Crippen molar-refractivity contribution in [3.05, 3.63) is 86.2 Å². The maximum Gasteiger partial charge on any atom is 0.142 e. The summed E-state index contributed by atoms with van der Waals surface area (Å²) in [5.41, 5.74) is 15.6. The van der Waals surface area contributed by atoms with E-state index < -0.39 is 0 Å². The highest BCUT2D eigenvalue weighted by molar-refractivity contribution is 6.34. The predicted molar refractivity (Wildman–Crippen MR) is 172 cm³/mol. The molecule has 2 aliphatic heterocycles. The van der Waals surface area contributed by atoms with E-state index in [0.717, 1.165) is 108 Å². The second kappa shape index (κ2) is 13.0. The number of piperidine rings is 2. The van der Waals surface area contributed by atoms with E-state index in [-0.39, 0.29) is 11.1 Å². The van der Waals surface area contributed by atoms with Crippen molar-refractivity contribution in [1.29, 1.82) is 0 Å². The minimum Gasteiger partial charge on any atom is -0.356 e. The zero-order chi connectivity index (χ0) is 29.0. The van der Waals surface area contributed by atoms with E-state index >= 15 is 0 Å². The molecule has 7 nitrogen and oxygen atoms in total. The fourth-order valence-electron chi connectivity index (χ4n) is 5.67. The molecule has 0 amide bonds. The number of aromatic nitrogens is 3. The maximum absolute atomic E-state index is 6.68. The highest BCUT2D eigenvalue weighted by atomic mass is 35.5. The summed E-state index contributed by atoms with van der Waals surface area (Å²) in [6, 6.07) is 13.1. The number of hydrogen-bond donors (Lipinski definition) is 4. The third-order valence-electron chi connectivity index (χ3n) is 8.09. The van der Waals surface area contributed by atoms with Gasteiger partial charge in [0.15, 0.2) is 0 Å². The zero-order valence-electron chi connectivity index (χ0n) is 22.8. The van der Waals surface area contributed by atoms with Gasteiger partial charge in [-0.1, -0.05) is 46.4 Å². The van der Waals surface area contributed by atoms with Gasteiger partial charge in [0.2, 0.25) is 0 Å². The van der Waals surface area contributed by atoms with Gasteiger partial charge in [-0.15, -0.1) is 0 Å². The Morgan fingerprint density at radius 3 is 1.90 bits per heavy atom. The number of nitrogens with two attached hydrogens (primary N) is 2. The fourth-order valence-corrected chi connectivity index (χ4v) is 6.43. The van der Waals surface area contributed by atoms with Crippen LogP contribution in [0.25, 0.3) is 11.0 Å². The Labute approximate surface area is 260 Å². The van der Waals surface area contributed by atoms with E-state index in [1.807, 2.05) is 36.5 Å². The van der Waals surface area contributed by atoms with Crippen LogP contribution in [0.1, 0.15) is 36.8 Å². The number of hydrogen-bond acceptors (Lipinski definition) is 6. The molecular weight excluding hydrogens is 600 g/mol. The van der Waals surface area contributed by atoms with Gasteiger partial charge < -0.3 is 26.7 Å². The SMILES string of the molecule is NC1(Cc2cc(Cl)ccc2Cl)CCN(c2ncnc3[nH]ccc23)CC1.NC1(Cc2cc(Cl)ccc2Cl)CCNCC1. The third-order valence-corrected chi connectivity index (χ3v) is 9.30. The molecule has 0 radical (unpaired) electrons. The van der Waals surface area contributed by atoms with Gasteiger partial charge in [0.05, 0.1) is 5.39 Å². The molecule has 0 atom stereocenters. The first-order valence-electron chi connectivity index (χ1n) is 13.8. The molecule has 0 spiro atoms. The second-order valence-corrected chi connectivity index (χ2v) is 12.9. The topological polar surface area (TPSA) is 109 Å². The van der Waals surface area contributed by atoms with E-state index in [4.69, 9.17) is 57.9 Å². The maximum atomic E-state index is 6.68. The minimum atomic E-state index is -0.283. The van der Waals surface area contributed by atoms with Crippen LogP contribution in [0, 0.1) is 0 Å². The number of halogens is 4. The van der Waals surface area contributed by atoms with Crippen LogP contribution in [0.2, 0.25) is 20.1 Å². The van der Waals surface area contributed by atoms with Crippen LogP contribution < -0.4 is 21.7 Å². The standard InChI is InChI=1S/C18H19Cl2N5.C12H16Cl2N2/c19-13-1-2-15(20)12(9-13)10-18(21)4-7-25(8-5-18)17-14-3-6-22-16(14)23-11-24-17;13-10-1-2-11(14)9(7-10)8-12(15)3-5-16-6-4-12/h1-3,6,9,11H,4-5,7-8,10,21H2,(H,22,23,24);1-2,7,16H,3-6,8,15H2. The Morgan fingerprint density at radius 2 is 1.32 bits per heavy atom. The van der Waals surface area contributed by atoms with Gasteiger partial charge in [-0.05, 0) is 105 Å². The Bertz CT molecular complexity index is 1480. The molecule has 2 fully saturated rings. The highest BCUT2D eigenvalue weighted by Gasteiger charge is 2.32. The van der Waals surface area contributed by atoms with Crippen LogP contribution in [-0.4, -0.2) is 52.2 Å². The van der Waals surface area contributed by atoms with Crippen LogP contribution in [0.5, 0.6) is 0 Å². The molecule has 0 bridgehead atoms. The molecular formula is C30H35Cl4N7. The molecule has 6 rings (SSSR count). The average Bonchev–Trinajstić information content (AvgIpc) is 3.43. The van der Waals surface area contributed by atoms with Crippen molar-refractivity contribution in [2.24, 2.45) is 11.5 Å². The second-order valence-electron chi connectivity index (χ2n) is 11.2. The lowest BCUT2D eigenvalue weighted by atomic mass is 9.83. The number of H-pyrrole nitrogens is 1. The van der Waals surface area contributed by atoms with Crippen molar-refractivity contribution in [2.45, 2.75) is 49.6 Å². The molecule has 2 saturated heterocycles. The summed E-state index contributed by atoms with van der Waals surface area (Å²) in [6.07, 6.45) is 8.71. The summed E-state index contributed by atoms with van der Waals surface area (Å²) in [5.74, 6) is 0.967. The quantitative estimate of drug-likeness (QED) is 0.202. The first-order valence-corrected chi connectivity index (χ1v) is 15.3. The van der Waals surface area contributed by atoms with E-state index in [0.29, 0.717) is 5.02 Å². The summed E-state index contributed by atoms with van der Waals surface area (Å²) in [5, 5.41) is 7.25. The van der Waals surface area contributed by atoms with Gasteiger partial charge >= 0.3 is 0 Å². The Balaban J connectivity index is 0.000000182. The minimum absolute atomic E-state index is 0.139. The number of anilines is 1. The molecule has 4 aromatic rings. The van der Waals surface area contributed by atoms with Crippen LogP contribution in [0.4, 0.5) is 5.82 Å². The molecule has 6 N–H and O–H groups in total. The number of rotatable bonds is 5. The lowest BCUT2D eigenvalue weighted by molar-refractivity contribution is 0.308. The summed E-state index contributed by atoms with van der Waals surface area (Å²) >= 11 is 24.5. The van der Waals surface area contributed by atoms with E-state index in [9.17, 15) is 0 Å². The van der Waals surface area contributed by atoms with Crippen LogP contribution in [0.15, 0.2) is 55.0 Å². The van der Waals surface area contributed by atoms with Crippen LogP contribution >= 0.6 is 46.4 Å². The molecule has 218 valence electrons. The van der Waals surface area contributed by atoms with Crippen molar-refractivity contribution >= 4 is 63.3 Å².